The number of ether oxygens (including phenoxy) is 1. The van der Waals surface area contributed by atoms with Crippen molar-refractivity contribution < 1.29 is 19.2 Å². The SMILES string of the molecule is COc1ccc(NC(C)=O)cc1NC(=O)C[NH+]1CC[C@H]2CCCC[C@@H]2C1. The number of amides is 2. The maximum Gasteiger partial charge on any atom is 0.279 e. The fraction of sp³-hybridized carbons (Fsp3) is 0.600. The third kappa shape index (κ3) is 4.75. The van der Waals surface area contributed by atoms with Gasteiger partial charge in [0.25, 0.3) is 5.91 Å². The van der Waals surface area contributed by atoms with Gasteiger partial charge in [-0.15, -0.1) is 0 Å². The number of quaternary nitrogens is 1. The summed E-state index contributed by atoms with van der Waals surface area (Å²) in [6.07, 6.45) is 6.66. The molecule has 1 aliphatic heterocycles. The smallest absolute Gasteiger partial charge is 0.279 e. The molecule has 0 radical (unpaired) electrons. The van der Waals surface area contributed by atoms with Crippen molar-refractivity contribution in [2.45, 2.75) is 39.0 Å². The van der Waals surface area contributed by atoms with Crippen LogP contribution in [-0.4, -0.2) is 38.6 Å². The summed E-state index contributed by atoms with van der Waals surface area (Å²) in [4.78, 5) is 25.2. The summed E-state index contributed by atoms with van der Waals surface area (Å²) in [5, 5.41) is 5.69. The van der Waals surface area contributed by atoms with E-state index in [2.05, 4.69) is 10.6 Å². The van der Waals surface area contributed by atoms with Crippen LogP contribution in [0.4, 0.5) is 11.4 Å². The summed E-state index contributed by atoms with van der Waals surface area (Å²) >= 11 is 0. The molecule has 1 aromatic rings. The van der Waals surface area contributed by atoms with E-state index < -0.39 is 0 Å². The molecule has 1 unspecified atom stereocenters. The number of carbonyl (C=O) groups excluding carboxylic acids is 2. The number of piperidine rings is 1. The van der Waals surface area contributed by atoms with Crippen LogP contribution in [0.25, 0.3) is 0 Å². The van der Waals surface area contributed by atoms with Gasteiger partial charge in [-0.2, -0.15) is 0 Å². The van der Waals surface area contributed by atoms with E-state index in [4.69, 9.17) is 4.74 Å². The summed E-state index contributed by atoms with van der Waals surface area (Å²) in [6, 6.07) is 5.25. The van der Waals surface area contributed by atoms with E-state index in [1.807, 2.05) is 0 Å². The monoisotopic (exact) mass is 360 g/mol. The van der Waals surface area contributed by atoms with Gasteiger partial charge < -0.3 is 20.3 Å². The lowest BCUT2D eigenvalue weighted by Crippen LogP contribution is -3.15. The minimum Gasteiger partial charge on any atom is -0.495 e. The molecule has 0 aromatic heterocycles. The first kappa shape index (κ1) is 18.7. The van der Waals surface area contributed by atoms with Crippen LogP contribution >= 0.6 is 0 Å². The van der Waals surface area contributed by atoms with Crippen LogP contribution in [0.5, 0.6) is 5.75 Å². The van der Waals surface area contributed by atoms with Gasteiger partial charge in [0.05, 0.1) is 25.9 Å². The van der Waals surface area contributed by atoms with Gasteiger partial charge in [0.15, 0.2) is 6.54 Å². The van der Waals surface area contributed by atoms with Crippen molar-refractivity contribution in [2.75, 3.05) is 37.4 Å². The summed E-state index contributed by atoms with van der Waals surface area (Å²) < 4.78 is 5.33. The predicted molar refractivity (Wildman–Crippen MR) is 102 cm³/mol. The molecule has 1 saturated carbocycles. The molecule has 3 atom stereocenters. The minimum atomic E-state index is -0.146. The van der Waals surface area contributed by atoms with E-state index in [1.165, 1.54) is 43.9 Å². The van der Waals surface area contributed by atoms with E-state index in [0.29, 0.717) is 23.7 Å². The van der Waals surface area contributed by atoms with Gasteiger partial charge in [-0.3, -0.25) is 9.59 Å². The topological polar surface area (TPSA) is 71.9 Å². The second-order valence-electron chi connectivity index (χ2n) is 7.62. The Bertz CT molecular complexity index is 662. The summed E-state index contributed by atoms with van der Waals surface area (Å²) in [5.74, 6) is 2.11. The Morgan fingerprint density at radius 1 is 1.15 bits per heavy atom. The Morgan fingerprint density at radius 3 is 2.65 bits per heavy atom. The average molecular weight is 360 g/mol. The highest BCUT2D eigenvalue weighted by Crippen LogP contribution is 2.32. The number of carbonyl (C=O) groups is 2. The van der Waals surface area contributed by atoms with Crippen LogP contribution in [0.3, 0.4) is 0 Å². The third-order valence-corrected chi connectivity index (χ3v) is 5.69. The highest BCUT2D eigenvalue weighted by atomic mass is 16.5. The number of anilines is 2. The number of fused-ring (bicyclic) bond motifs is 1. The van der Waals surface area contributed by atoms with Crippen LogP contribution in [-0.2, 0) is 9.59 Å². The molecule has 0 bridgehead atoms. The molecule has 1 saturated heterocycles. The lowest BCUT2D eigenvalue weighted by Gasteiger charge is -2.38. The highest BCUT2D eigenvalue weighted by Gasteiger charge is 2.34. The number of methoxy groups -OCH3 is 1. The molecule has 2 aliphatic rings. The van der Waals surface area contributed by atoms with Crippen LogP contribution in [0, 0.1) is 11.8 Å². The molecular formula is C20H30N3O3+. The van der Waals surface area contributed by atoms with E-state index in [9.17, 15) is 9.59 Å². The molecule has 6 heteroatoms. The molecule has 1 aromatic carbocycles. The maximum absolute atomic E-state index is 12.6. The lowest BCUT2D eigenvalue weighted by atomic mass is 9.75. The Kier molecular flexibility index (Phi) is 6.14. The molecule has 2 fully saturated rings. The predicted octanol–water partition coefficient (Wildman–Crippen LogP) is 1.69. The molecule has 3 N–H and O–H groups in total. The number of likely N-dealkylation sites (tertiary alicyclic amines) is 1. The van der Waals surface area contributed by atoms with Crippen molar-refractivity contribution in [1.82, 2.24) is 0 Å². The standard InChI is InChI=1S/C20H29N3O3/c1-14(24)21-17-7-8-19(26-2)18(11-17)22-20(25)13-23-10-9-15-5-3-4-6-16(15)12-23/h7-8,11,15-16H,3-6,9-10,12-13H2,1-2H3,(H,21,24)(H,22,25)/p+1/t15-,16-/m1/s1. The second-order valence-corrected chi connectivity index (χ2v) is 7.62. The Balaban J connectivity index is 1.59. The number of rotatable bonds is 5. The van der Waals surface area contributed by atoms with Crippen molar-refractivity contribution in [3.63, 3.8) is 0 Å². The fourth-order valence-corrected chi connectivity index (χ4v) is 4.46. The van der Waals surface area contributed by atoms with E-state index in [-0.39, 0.29) is 11.8 Å². The lowest BCUT2D eigenvalue weighted by molar-refractivity contribution is -0.902. The quantitative estimate of drug-likeness (QED) is 0.748. The zero-order chi connectivity index (χ0) is 18.5. The van der Waals surface area contributed by atoms with Crippen LogP contribution in [0.1, 0.15) is 39.0 Å². The molecule has 26 heavy (non-hydrogen) atoms. The van der Waals surface area contributed by atoms with E-state index >= 15 is 0 Å². The van der Waals surface area contributed by atoms with Gasteiger partial charge in [-0.25, -0.2) is 0 Å². The highest BCUT2D eigenvalue weighted by molar-refractivity contribution is 5.95. The fourth-order valence-electron chi connectivity index (χ4n) is 4.46. The van der Waals surface area contributed by atoms with Gasteiger partial charge >= 0.3 is 0 Å². The van der Waals surface area contributed by atoms with Gasteiger partial charge in [0, 0.05) is 18.5 Å². The molecule has 142 valence electrons. The van der Waals surface area contributed by atoms with Crippen molar-refractivity contribution in [3.8, 4) is 5.75 Å². The van der Waals surface area contributed by atoms with Gasteiger partial charge in [0.2, 0.25) is 5.91 Å². The van der Waals surface area contributed by atoms with E-state index in [1.54, 1.807) is 25.3 Å². The van der Waals surface area contributed by atoms with Gasteiger partial charge in [-0.1, -0.05) is 12.8 Å². The van der Waals surface area contributed by atoms with Gasteiger partial charge in [0.1, 0.15) is 5.75 Å². The minimum absolute atomic E-state index is 0.00691. The van der Waals surface area contributed by atoms with Gasteiger partial charge in [-0.05, 0) is 43.4 Å². The number of nitrogens with one attached hydrogen (secondary N) is 3. The summed E-state index contributed by atoms with van der Waals surface area (Å²) in [5.41, 5.74) is 1.24. The molecule has 2 amide bonds. The zero-order valence-corrected chi connectivity index (χ0v) is 15.8. The van der Waals surface area contributed by atoms with Crippen molar-refractivity contribution in [1.29, 1.82) is 0 Å². The Morgan fingerprint density at radius 2 is 1.92 bits per heavy atom. The summed E-state index contributed by atoms with van der Waals surface area (Å²) in [6.45, 7) is 4.14. The van der Waals surface area contributed by atoms with Crippen molar-refractivity contribution >= 4 is 23.2 Å². The van der Waals surface area contributed by atoms with Crippen LogP contribution in [0.2, 0.25) is 0 Å². The normalized spacial score (nSPS) is 25.1. The summed E-state index contributed by atoms with van der Waals surface area (Å²) in [7, 11) is 1.57. The third-order valence-electron chi connectivity index (χ3n) is 5.69. The first-order valence-electron chi connectivity index (χ1n) is 9.64. The number of benzene rings is 1. The van der Waals surface area contributed by atoms with Crippen molar-refractivity contribution in [2.24, 2.45) is 11.8 Å². The zero-order valence-electron chi connectivity index (χ0n) is 15.8. The average Bonchev–Trinajstić information content (AvgIpc) is 2.61. The molecule has 1 aliphatic carbocycles. The van der Waals surface area contributed by atoms with Crippen LogP contribution < -0.4 is 20.3 Å². The molecular weight excluding hydrogens is 330 g/mol. The molecule has 0 spiro atoms. The molecule has 6 nitrogen and oxygen atoms in total. The van der Waals surface area contributed by atoms with E-state index in [0.717, 1.165) is 24.9 Å². The first-order chi connectivity index (χ1) is 12.5. The number of hydrogen-bond donors (Lipinski definition) is 3. The van der Waals surface area contributed by atoms with Crippen molar-refractivity contribution in [3.05, 3.63) is 18.2 Å². The molecule has 1 heterocycles. The molecule has 3 rings (SSSR count). The maximum atomic E-state index is 12.6. The first-order valence-corrected chi connectivity index (χ1v) is 9.64. The second kappa shape index (κ2) is 8.54. The largest absolute Gasteiger partial charge is 0.495 e. The van der Waals surface area contributed by atoms with Crippen LogP contribution in [0.15, 0.2) is 18.2 Å². The Labute approximate surface area is 155 Å². The number of hydrogen-bond acceptors (Lipinski definition) is 3. The Hall–Kier alpha value is -2.08.